The van der Waals surface area contributed by atoms with Gasteiger partial charge in [0.25, 0.3) is 0 Å². The first-order chi connectivity index (χ1) is 12.9. The Bertz CT molecular complexity index is 1090. The molecule has 0 radical (unpaired) electrons. The molecule has 2 aromatic heterocycles. The van der Waals surface area contributed by atoms with Crippen LogP contribution in [0.4, 0.5) is 0 Å². The highest BCUT2D eigenvalue weighted by Crippen LogP contribution is 2.36. The number of pyridine rings is 1. The largest absolute Gasteiger partial charge is 0.494 e. The van der Waals surface area contributed by atoms with Gasteiger partial charge in [0.05, 0.1) is 16.8 Å². The molecule has 1 saturated heterocycles. The number of piperazine rings is 1. The minimum Gasteiger partial charge on any atom is -0.494 e. The lowest BCUT2D eigenvalue weighted by atomic mass is 10.1. The van der Waals surface area contributed by atoms with Gasteiger partial charge in [0, 0.05) is 42.8 Å². The molecule has 0 bridgehead atoms. The van der Waals surface area contributed by atoms with Gasteiger partial charge >= 0.3 is 0 Å². The van der Waals surface area contributed by atoms with E-state index in [1.165, 1.54) is 16.6 Å². The van der Waals surface area contributed by atoms with Crippen molar-refractivity contribution in [2.45, 2.75) is 4.90 Å². The summed E-state index contributed by atoms with van der Waals surface area (Å²) in [4.78, 5) is 9.42. The highest BCUT2D eigenvalue weighted by atomic mass is 35.5. The van der Waals surface area contributed by atoms with E-state index < -0.39 is 10.0 Å². The van der Waals surface area contributed by atoms with Gasteiger partial charge in [0.2, 0.25) is 10.0 Å². The van der Waals surface area contributed by atoms with Crippen molar-refractivity contribution in [1.29, 1.82) is 0 Å². The number of likely N-dealkylation sites (N-methyl/N-ethyl adjacent to an activating group) is 1. The third kappa shape index (κ3) is 3.70. The Balaban J connectivity index is 0.00000225. The zero-order valence-electron chi connectivity index (χ0n) is 15.1. The molecule has 150 valence electrons. The normalized spacial score (nSPS) is 16.2. The molecular formula is C18H20Cl2N4O3S. The van der Waals surface area contributed by atoms with Crippen molar-refractivity contribution >= 4 is 44.9 Å². The second kappa shape index (κ2) is 7.88. The number of H-pyrrole nitrogens is 1. The van der Waals surface area contributed by atoms with Crippen LogP contribution >= 0.6 is 24.0 Å². The number of nitrogens with zero attached hydrogens (tertiary/aromatic N) is 3. The number of aromatic amines is 1. The number of aromatic hydroxyl groups is 1. The van der Waals surface area contributed by atoms with Crippen LogP contribution in [0.3, 0.4) is 0 Å². The number of sulfonamides is 1. The molecule has 0 saturated carbocycles. The molecular weight excluding hydrogens is 423 g/mol. The van der Waals surface area contributed by atoms with Crippen molar-refractivity contribution in [2.75, 3.05) is 33.2 Å². The van der Waals surface area contributed by atoms with Crippen LogP contribution in [0, 0.1) is 0 Å². The first-order valence-corrected chi connectivity index (χ1v) is 10.3. The fraction of sp³-hybridized carbons (Fsp3) is 0.278. The average Bonchev–Trinajstić information content (AvgIpc) is 2.97. The van der Waals surface area contributed by atoms with Gasteiger partial charge in [0.1, 0.15) is 4.90 Å². The summed E-state index contributed by atoms with van der Waals surface area (Å²) in [6.45, 7) is 2.34. The second-order valence-corrected chi connectivity index (χ2v) is 9.00. The standard InChI is InChI=1S/C18H19ClN4O3S.ClH/c1-22-6-8-23(9-7-22)27(25,26)13-3-5-15(20-11-13)17-14-4-2-12(19)10-16(14)21-18(17)24;/h2-5,10-11,21,24H,6-9H2,1H3;1H. The maximum absolute atomic E-state index is 12.8. The molecule has 2 N–H and O–H groups in total. The van der Waals surface area contributed by atoms with Crippen LogP contribution in [0.1, 0.15) is 0 Å². The Hall–Kier alpha value is -1.84. The number of fused-ring (bicyclic) bond motifs is 1. The van der Waals surface area contributed by atoms with Crippen molar-refractivity contribution in [3.63, 3.8) is 0 Å². The summed E-state index contributed by atoms with van der Waals surface area (Å²) in [5.41, 5.74) is 1.69. The quantitative estimate of drug-likeness (QED) is 0.650. The van der Waals surface area contributed by atoms with E-state index in [4.69, 9.17) is 11.6 Å². The van der Waals surface area contributed by atoms with E-state index >= 15 is 0 Å². The van der Waals surface area contributed by atoms with Crippen molar-refractivity contribution in [3.05, 3.63) is 41.6 Å². The van der Waals surface area contributed by atoms with Gasteiger partial charge in [0.15, 0.2) is 5.88 Å². The minimum absolute atomic E-state index is 0. The average molecular weight is 443 g/mol. The number of halogens is 2. The molecule has 7 nitrogen and oxygen atoms in total. The van der Waals surface area contributed by atoms with Crippen molar-refractivity contribution < 1.29 is 13.5 Å². The Labute approximate surface area is 174 Å². The van der Waals surface area contributed by atoms with E-state index in [1.807, 2.05) is 7.05 Å². The molecule has 1 aliphatic heterocycles. The molecule has 1 fully saturated rings. The van der Waals surface area contributed by atoms with Crippen LogP contribution < -0.4 is 0 Å². The Kier molecular flexibility index (Phi) is 5.88. The predicted octanol–water partition coefficient (Wildman–Crippen LogP) is 2.95. The number of aromatic nitrogens is 2. The van der Waals surface area contributed by atoms with Crippen LogP contribution in [0.15, 0.2) is 41.4 Å². The van der Waals surface area contributed by atoms with E-state index in [9.17, 15) is 13.5 Å². The fourth-order valence-corrected chi connectivity index (χ4v) is 4.81. The second-order valence-electron chi connectivity index (χ2n) is 6.63. The molecule has 10 heteroatoms. The number of benzene rings is 1. The zero-order chi connectivity index (χ0) is 19.2. The molecule has 3 aromatic rings. The molecule has 0 aliphatic carbocycles. The van der Waals surface area contributed by atoms with Crippen molar-refractivity contribution in [3.8, 4) is 17.1 Å². The third-order valence-electron chi connectivity index (χ3n) is 4.83. The first-order valence-electron chi connectivity index (χ1n) is 8.51. The van der Waals surface area contributed by atoms with Crippen LogP contribution in [0.2, 0.25) is 5.02 Å². The van der Waals surface area contributed by atoms with Crippen LogP contribution in [0.5, 0.6) is 5.88 Å². The lowest BCUT2D eigenvalue weighted by Crippen LogP contribution is -2.47. The Morgan fingerprint density at radius 2 is 1.86 bits per heavy atom. The Morgan fingerprint density at radius 1 is 1.14 bits per heavy atom. The summed E-state index contributed by atoms with van der Waals surface area (Å²) < 4.78 is 27.1. The highest BCUT2D eigenvalue weighted by Gasteiger charge is 2.28. The predicted molar refractivity (Wildman–Crippen MR) is 112 cm³/mol. The molecule has 0 spiro atoms. The first kappa shape index (κ1) is 20.9. The van der Waals surface area contributed by atoms with Crippen LogP contribution in [-0.2, 0) is 10.0 Å². The lowest BCUT2D eigenvalue weighted by Gasteiger charge is -2.31. The van der Waals surface area contributed by atoms with Crippen LogP contribution in [0.25, 0.3) is 22.2 Å². The molecule has 1 aliphatic rings. The molecule has 1 aromatic carbocycles. The van der Waals surface area contributed by atoms with Gasteiger partial charge in [-0.2, -0.15) is 4.31 Å². The number of nitrogens with one attached hydrogen (secondary N) is 1. The summed E-state index contributed by atoms with van der Waals surface area (Å²) in [7, 11) is -1.60. The maximum Gasteiger partial charge on any atom is 0.244 e. The van der Waals surface area contributed by atoms with Crippen molar-refractivity contribution in [1.82, 2.24) is 19.2 Å². The summed E-state index contributed by atoms with van der Waals surface area (Å²) in [6, 6.07) is 8.38. The van der Waals surface area contributed by atoms with Gasteiger partial charge in [-0.05, 0) is 31.3 Å². The fourth-order valence-electron chi connectivity index (χ4n) is 3.27. The maximum atomic E-state index is 12.8. The van der Waals surface area contributed by atoms with Crippen molar-refractivity contribution in [2.24, 2.45) is 0 Å². The number of hydrogen-bond donors (Lipinski definition) is 2. The van der Waals surface area contributed by atoms with Gasteiger partial charge in [-0.25, -0.2) is 8.42 Å². The monoisotopic (exact) mass is 442 g/mol. The van der Waals surface area contributed by atoms with Crippen LogP contribution in [-0.4, -0.2) is 65.9 Å². The molecule has 0 unspecified atom stereocenters. The molecule has 28 heavy (non-hydrogen) atoms. The van der Waals surface area contributed by atoms with E-state index in [-0.39, 0.29) is 23.2 Å². The van der Waals surface area contributed by atoms with Gasteiger partial charge in [-0.15, -0.1) is 12.4 Å². The topological polar surface area (TPSA) is 89.5 Å². The van der Waals surface area contributed by atoms with Gasteiger partial charge < -0.3 is 15.0 Å². The molecule has 3 heterocycles. The van der Waals surface area contributed by atoms with E-state index in [1.54, 1.807) is 24.3 Å². The highest BCUT2D eigenvalue weighted by molar-refractivity contribution is 7.89. The summed E-state index contributed by atoms with van der Waals surface area (Å²) in [6.07, 6.45) is 1.34. The van der Waals surface area contributed by atoms with E-state index in [2.05, 4.69) is 14.9 Å². The lowest BCUT2D eigenvalue weighted by molar-refractivity contribution is 0.222. The van der Waals surface area contributed by atoms with E-state index in [0.717, 1.165) is 5.39 Å². The molecule has 0 atom stereocenters. The van der Waals surface area contributed by atoms with Gasteiger partial charge in [-0.1, -0.05) is 17.7 Å². The summed E-state index contributed by atoms with van der Waals surface area (Å²) >= 11 is 5.99. The molecule has 0 amide bonds. The summed E-state index contributed by atoms with van der Waals surface area (Å²) in [5.74, 6) is -0.0329. The molecule has 4 rings (SSSR count). The smallest absolute Gasteiger partial charge is 0.244 e. The number of rotatable bonds is 3. The zero-order valence-corrected chi connectivity index (χ0v) is 17.5. The van der Waals surface area contributed by atoms with Gasteiger partial charge in [-0.3, -0.25) is 4.98 Å². The third-order valence-corrected chi connectivity index (χ3v) is 6.95. The Morgan fingerprint density at radius 3 is 2.50 bits per heavy atom. The SMILES string of the molecule is CN1CCN(S(=O)(=O)c2ccc(-c3c(O)[nH]c4cc(Cl)ccc34)nc2)CC1.Cl. The number of hydrogen-bond acceptors (Lipinski definition) is 5. The summed E-state index contributed by atoms with van der Waals surface area (Å²) in [5, 5.41) is 11.6. The van der Waals surface area contributed by atoms with E-state index in [0.29, 0.717) is 48.0 Å². The minimum atomic E-state index is -3.57.